The van der Waals surface area contributed by atoms with Crippen molar-refractivity contribution in [1.29, 1.82) is 0 Å². The van der Waals surface area contributed by atoms with Crippen LogP contribution in [0.15, 0.2) is 60.0 Å². The van der Waals surface area contributed by atoms with Crippen LogP contribution >= 0.6 is 33.9 Å². The minimum absolute atomic E-state index is 0.00557. The number of methoxy groups -OCH3 is 1. The van der Waals surface area contributed by atoms with Gasteiger partial charge in [0, 0.05) is 59.6 Å². The molecule has 0 saturated carbocycles. The number of hydrogen-bond acceptors (Lipinski definition) is 9. The number of alkyl carbamates (subject to hydrolysis) is 1. The van der Waals surface area contributed by atoms with Crippen LogP contribution in [0, 0.1) is 6.92 Å². The van der Waals surface area contributed by atoms with Crippen molar-refractivity contribution in [2.45, 2.75) is 98.3 Å². The zero-order chi connectivity index (χ0) is 41.8. The lowest BCUT2D eigenvalue weighted by atomic mass is 9.93. The fourth-order valence-corrected chi connectivity index (χ4v) is 6.63. The van der Waals surface area contributed by atoms with Gasteiger partial charge in [0.05, 0.1) is 0 Å². The van der Waals surface area contributed by atoms with Crippen LogP contribution in [0.1, 0.15) is 116 Å². The molecule has 0 aliphatic carbocycles. The minimum atomic E-state index is -0.613. The molecule has 2 heterocycles. The number of hydrogen-bond donors (Lipinski definition) is 4. The summed E-state index contributed by atoms with van der Waals surface area (Å²) in [5.41, 5.74) is 2.94. The number of thiophene rings is 1. The van der Waals surface area contributed by atoms with Crippen molar-refractivity contribution < 1.29 is 33.8 Å². The molecule has 4 N–H and O–H groups in total. The van der Waals surface area contributed by atoms with Crippen molar-refractivity contribution in [2.75, 3.05) is 24.5 Å². The van der Waals surface area contributed by atoms with Crippen LogP contribution in [-0.2, 0) is 16.0 Å². The summed E-state index contributed by atoms with van der Waals surface area (Å²) in [7, 11) is 3.25. The molecule has 4 rings (SSSR count). The predicted octanol–water partition coefficient (Wildman–Crippen LogP) is 10.4. The molecular weight excluding hydrogens is 843 g/mol. The number of phenolic OH excluding ortho intramolecular Hbond substituents is 1. The number of phenols is 1. The van der Waals surface area contributed by atoms with Gasteiger partial charge < -0.3 is 30.5 Å². The smallest absolute Gasteiger partial charge is 0.407 e. The number of carbonyl (C=O) groups excluding carboxylic acids is 4. The van der Waals surface area contributed by atoms with Crippen LogP contribution in [0.4, 0.5) is 10.5 Å². The number of alkyl halides is 1. The van der Waals surface area contributed by atoms with E-state index in [9.17, 15) is 24.3 Å². The number of rotatable bonds is 15. The molecule has 11 nitrogen and oxygen atoms in total. The molecule has 0 radical (unpaired) electrons. The van der Waals surface area contributed by atoms with E-state index < -0.39 is 17.6 Å². The molecule has 13 heteroatoms. The molecule has 0 bridgehead atoms. The van der Waals surface area contributed by atoms with Gasteiger partial charge in [0.25, 0.3) is 11.8 Å². The van der Waals surface area contributed by atoms with Crippen LogP contribution in [0.3, 0.4) is 0 Å². The number of aldehydes is 1. The van der Waals surface area contributed by atoms with E-state index in [1.165, 1.54) is 23.5 Å². The summed E-state index contributed by atoms with van der Waals surface area (Å²) in [6.45, 7) is 11.7. The lowest BCUT2D eigenvalue weighted by Crippen LogP contribution is -2.35. The summed E-state index contributed by atoms with van der Waals surface area (Å²) < 4.78 is 9.54. The molecule has 3 amide bonds. The number of amides is 3. The maximum atomic E-state index is 14.0. The second-order valence-electron chi connectivity index (χ2n) is 14.0. The number of pyridine rings is 1. The van der Waals surface area contributed by atoms with Gasteiger partial charge in [0.15, 0.2) is 6.29 Å². The number of halogens is 1. The van der Waals surface area contributed by atoms with Gasteiger partial charge in [-0.3, -0.25) is 14.4 Å². The summed E-state index contributed by atoms with van der Waals surface area (Å²) in [6.07, 6.45) is 5.84. The first kappa shape index (κ1) is 47.8. The largest absolute Gasteiger partial charge is 0.507 e. The second kappa shape index (κ2) is 24.3. The van der Waals surface area contributed by atoms with E-state index in [4.69, 9.17) is 4.74 Å². The normalized spacial score (nSPS) is 11.2. The van der Waals surface area contributed by atoms with E-state index in [2.05, 4.69) is 62.1 Å². The Morgan fingerprint density at radius 2 is 1.59 bits per heavy atom. The third-order valence-electron chi connectivity index (χ3n) is 8.22. The van der Waals surface area contributed by atoms with Gasteiger partial charge in [-0.1, -0.05) is 74.3 Å². The summed E-state index contributed by atoms with van der Waals surface area (Å²) in [4.78, 5) is 58.9. The fraction of sp³-hybridized carbons (Fsp3) is 0.419. The number of nitrogens with zero attached hydrogens (tertiary/aromatic N) is 1. The average molecular weight is 901 g/mol. The van der Waals surface area contributed by atoms with E-state index in [0.717, 1.165) is 54.5 Å². The molecule has 0 saturated heterocycles. The summed E-state index contributed by atoms with van der Waals surface area (Å²) in [6, 6.07) is 15.1. The van der Waals surface area contributed by atoms with Crippen molar-refractivity contribution in [3.8, 4) is 27.3 Å². The van der Waals surface area contributed by atoms with Crippen LogP contribution in [0.2, 0.25) is 0 Å². The van der Waals surface area contributed by atoms with Crippen LogP contribution in [0.25, 0.3) is 21.6 Å². The van der Waals surface area contributed by atoms with Gasteiger partial charge in [-0.2, -0.15) is 0 Å². The number of aromatic hydroxyl groups is 1. The Bertz CT molecular complexity index is 1870. The number of carbonyl (C=O) groups is 4. The molecule has 0 aliphatic heterocycles. The molecule has 0 spiro atoms. The Kier molecular flexibility index (Phi) is 20.8. The Hall–Kier alpha value is -4.34. The van der Waals surface area contributed by atoms with E-state index in [1.54, 1.807) is 71.4 Å². The van der Waals surface area contributed by atoms with Crippen LogP contribution in [-0.4, -0.2) is 65.1 Å². The van der Waals surface area contributed by atoms with Gasteiger partial charge in [-0.15, -0.1) is 11.3 Å². The number of anilines is 1. The van der Waals surface area contributed by atoms with Gasteiger partial charge >= 0.3 is 6.09 Å². The molecule has 2 aromatic heterocycles. The highest BCUT2D eigenvalue weighted by atomic mass is 127. The third kappa shape index (κ3) is 15.0. The minimum Gasteiger partial charge on any atom is -0.507 e. The van der Waals surface area contributed by atoms with E-state index in [1.807, 2.05) is 23.3 Å². The zero-order valence-corrected chi connectivity index (χ0v) is 37.0. The van der Waals surface area contributed by atoms with Crippen molar-refractivity contribution in [3.05, 3.63) is 88.1 Å². The van der Waals surface area contributed by atoms with Crippen LogP contribution in [0.5, 0.6) is 5.75 Å². The molecule has 304 valence electrons. The summed E-state index contributed by atoms with van der Waals surface area (Å²) >= 11 is 3.59. The Balaban J connectivity index is 0.00000206. The molecule has 4 aromatic rings. The zero-order valence-electron chi connectivity index (χ0n) is 34.0. The molecular formula is C43H57IN4O7S. The number of unbranched alkanes of at least 4 members (excludes halogenated alkanes) is 2. The van der Waals surface area contributed by atoms with Gasteiger partial charge in [-0.25, -0.2) is 9.78 Å². The van der Waals surface area contributed by atoms with Gasteiger partial charge in [0.2, 0.25) is 0 Å². The summed E-state index contributed by atoms with van der Waals surface area (Å²) in [5.74, 6) is -0.913. The SMILES string of the molecule is CCCCCC(CCC)NC(=O)c1ccc(-c2cc(O)c(-c3sccc3C)cc2C(=O)Nc2ccc(CNC(=O)OC(C)(C)C)cc2)c(C=O)n1.CI.COC. The first-order chi connectivity index (χ1) is 26.7. The fourth-order valence-electron chi connectivity index (χ4n) is 5.68. The lowest BCUT2D eigenvalue weighted by Gasteiger charge is -2.19. The molecule has 0 fully saturated rings. The Morgan fingerprint density at radius 3 is 2.16 bits per heavy atom. The molecule has 2 aromatic carbocycles. The Morgan fingerprint density at radius 1 is 0.911 bits per heavy atom. The standard InChI is InChI=1S/C40H48N4O6S.C2H6O.CH3I/c1-7-9-10-12-27(11-8-2)43-38(48)33-18-17-29(34(24-45)44-33)30-22-35(46)32(36-25(3)19-20-51-36)21-31(30)37(47)42-28-15-13-26(14-16-28)23-41-39(49)50-40(4,5)6;1-3-2;1-2/h13-22,24,27,46H,7-12,23H2,1-6H3,(H,41,49)(H,42,47)(H,43,48);1-2H3;1H3. The monoisotopic (exact) mass is 900 g/mol. The van der Waals surface area contributed by atoms with Crippen molar-refractivity contribution in [2.24, 2.45) is 0 Å². The van der Waals surface area contributed by atoms with Crippen molar-refractivity contribution >= 4 is 63.8 Å². The quantitative estimate of drug-likeness (QED) is 0.0398. The first-order valence-electron chi connectivity index (χ1n) is 18.6. The first-order valence-corrected chi connectivity index (χ1v) is 21.6. The van der Waals surface area contributed by atoms with E-state index in [-0.39, 0.29) is 46.8 Å². The maximum absolute atomic E-state index is 14.0. The number of benzene rings is 2. The van der Waals surface area contributed by atoms with Crippen molar-refractivity contribution in [1.82, 2.24) is 15.6 Å². The maximum Gasteiger partial charge on any atom is 0.407 e. The lowest BCUT2D eigenvalue weighted by molar-refractivity contribution is 0.0523. The van der Waals surface area contributed by atoms with Gasteiger partial charge in [-0.05, 0) is 104 Å². The van der Waals surface area contributed by atoms with E-state index in [0.29, 0.717) is 23.1 Å². The molecule has 56 heavy (non-hydrogen) atoms. The second-order valence-corrected chi connectivity index (χ2v) is 14.9. The predicted molar refractivity (Wildman–Crippen MR) is 235 cm³/mol. The topological polar surface area (TPSA) is 156 Å². The summed E-state index contributed by atoms with van der Waals surface area (Å²) in [5, 5.41) is 21.8. The number of ether oxygens (including phenoxy) is 2. The number of nitrogens with one attached hydrogen (secondary N) is 3. The highest BCUT2D eigenvalue weighted by molar-refractivity contribution is 14.1. The number of aryl methyl sites for hydroxylation is 1. The highest BCUT2D eigenvalue weighted by Gasteiger charge is 2.23. The number of aromatic nitrogens is 1. The van der Waals surface area contributed by atoms with Crippen molar-refractivity contribution in [3.63, 3.8) is 0 Å². The molecule has 1 unspecified atom stereocenters. The third-order valence-corrected chi connectivity index (χ3v) is 9.27. The highest BCUT2D eigenvalue weighted by Crippen LogP contribution is 2.40. The Labute approximate surface area is 349 Å². The van der Waals surface area contributed by atoms with E-state index >= 15 is 0 Å². The molecule has 1 atom stereocenters. The van der Waals surface area contributed by atoms with Crippen LogP contribution < -0.4 is 16.0 Å². The molecule has 0 aliphatic rings. The average Bonchev–Trinajstić information content (AvgIpc) is 3.59. The van der Waals surface area contributed by atoms with Gasteiger partial charge in [0.1, 0.15) is 22.7 Å².